The number of benzene rings is 1. The van der Waals surface area contributed by atoms with E-state index in [1.54, 1.807) is 0 Å². The second-order valence-electron chi connectivity index (χ2n) is 5.23. The molecule has 0 atom stereocenters. The first-order valence-corrected chi connectivity index (χ1v) is 7.46. The summed E-state index contributed by atoms with van der Waals surface area (Å²) >= 11 is 0. The van der Waals surface area contributed by atoms with Gasteiger partial charge in [0.25, 0.3) is 0 Å². The minimum Gasteiger partial charge on any atom is -0.466 e. The Kier molecular flexibility index (Phi) is 7.51. The van der Waals surface area contributed by atoms with Crippen molar-refractivity contribution in [2.45, 2.75) is 52.9 Å². The number of ether oxygens (including phenoxy) is 2. The highest BCUT2D eigenvalue weighted by atomic mass is 16.5. The van der Waals surface area contributed by atoms with Gasteiger partial charge in [-0.05, 0) is 56.4 Å². The number of hydrogen-bond donors (Lipinski definition) is 0. The molecule has 1 aromatic carbocycles. The molecule has 0 aliphatic carbocycles. The molecule has 1 rings (SSSR count). The SMILES string of the molecule is CCCOC(=O)CCCCC(=O)Oc1cc(C)cc(C)c1. The summed E-state index contributed by atoms with van der Waals surface area (Å²) in [7, 11) is 0. The summed E-state index contributed by atoms with van der Waals surface area (Å²) in [5.41, 5.74) is 2.13. The standard InChI is InChI=1S/C17H24O4/c1-4-9-20-16(18)7-5-6-8-17(19)21-15-11-13(2)10-14(3)12-15/h10-12H,4-9H2,1-3H3. The number of unbranched alkanes of at least 4 members (excludes halogenated alkanes) is 1. The summed E-state index contributed by atoms with van der Waals surface area (Å²) < 4.78 is 10.3. The van der Waals surface area contributed by atoms with Gasteiger partial charge in [0.2, 0.25) is 0 Å². The molecule has 0 N–H and O–H groups in total. The van der Waals surface area contributed by atoms with E-state index in [1.807, 2.05) is 39.0 Å². The van der Waals surface area contributed by atoms with E-state index >= 15 is 0 Å². The second-order valence-corrected chi connectivity index (χ2v) is 5.23. The van der Waals surface area contributed by atoms with Crippen LogP contribution >= 0.6 is 0 Å². The summed E-state index contributed by atoms with van der Waals surface area (Å²) in [6.45, 7) is 6.35. The van der Waals surface area contributed by atoms with Gasteiger partial charge in [0.05, 0.1) is 6.61 Å². The van der Waals surface area contributed by atoms with Crippen LogP contribution in [0.4, 0.5) is 0 Å². The van der Waals surface area contributed by atoms with Crippen LogP contribution in [0.1, 0.15) is 50.2 Å². The minimum atomic E-state index is -0.262. The summed E-state index contributed by atoms with van der Waals surface area (Å²) in [5.74, 6) is 0.126. The Morgan fingerprint density at radius 1 is 0.952 bits per heavy atom. The van der Waals surface area contributed by atoms with Crippen molar-refractivity contribution < 1.29 is 19.1 Å². The highest BCUT2D eigenvalue weighted by Crippen LogP contribution is 2.17. The third-order valence-corrected chi connectivity index (χ3v) is 2.91. The Morgan fingerprint density at radius 3 is 2.10 bits per heavy atom. The van der Waals surface area contributed by atoms with E-state index in [9.17, 15) is 9.59 Å². The second kappa shape index (κ2) is 9.16. The molecule has 0 aliphatic rings. The van der Waals surface area contributed by atoms with Crippen molar-refractivity contribution in [1.82, 2.24) is 0 Å². The summed E-state index contributed by atoms with van der Waals surface area (Å²) in [6.07, 6.45) is 2.77. The van der Waals surface area contributed by atoms with Crippen LogP contribution in [0, 0.1) is 13.8 Å². The number of carbonyl (C=O) groups is 2. The fraction of sp³-hybridized carbons (Fsp3) is 0.529. The molecule has 1 aromatic rings. The zero-order valence-corrected chi connectivity index (χ0v) is 13.1. The lowest BCUT2D eigenvalue weighted by molar-refractivity contribution is -0.144. The lowest BCUT2D eigenvalue weighted by Crippen LogP contribution is -2.09. The van der Waals surface area contributed by atoms with E-state index < -0.39 is 0 Å². The lowest BCUT2D eigenvalue weighted by atomic mass is 10.1. The minimum absolute atomic E-state index is 0.195. The number of rotatable bonds is 8. The molecule has 0 saturated carbocycles. The van der Waals surface area contributed by atoms with Crippen molar-refractivity contribution in [2.75, 3.05) is 6.61 Å². The Labute approximate surface area is 126 Å². The molecule has 4 heteroatoms. The average Bonchev–Trinajstić information content (AvgIpc) is 2.40. The smallest absolute Gasteiger partial charge is 0.311 e. The molecule has 0 aliphatic heterocycles. The Balaban J connectivity index is 2.23. The van der Waals surface area contributed by atoms with Gasteiger partial charge in [0, 0.05) is 12.8 Å². The van der Waals surface area contributed by atoms with Crippen molar-refractivity contribution in [1.29, 1.82) is 0 Å². The molecule has 0 spiro atoms. The first-order chi connectivity index (χ1) is 10.0. The Morgan fingerprint density at radius 2 is 1.52 bits per heavy atom. The van der Waals surface area contributed by atoms with Gasteiger partial charge < -0.3 is 9.47 Å². The Bertz CT molecular complexity index is 459. The third kappa shape index (κ3) is 7.49. The van der Waals surface area contributed by atoms with Gasteiger partial charge in [-0.25, -0.2) is 0 Å². The maximum atomic E-state index is 11.7. The number of aryl methyl sites for hydroxylation is 2. The molecule has 0 heterocycles. The highest BCUT2D eigenvalue weighted by Gasteiger charge is 2.07. The fourth-order valence-electron chi connectivity index (χ4n) is 2.00. The zero-order valence-electron chi connectivity index (χ0n) is 13.1. The average molecular weight is 292 g/mol. The maximum absolute atomic E-state index is 11.7. The van der Waals surface area contributed by atoms with Crippen LogP contribution in [0.5, 0.6) is 5.75 Å². The molecule has 4 nitrogen and oxygen atoms in total. The van der Waals surface area contributed by atoms with Crippen molar-refractivity contribution in [3.63, 3.8) is 0 Å². The van der Waals surface area contributed by atoms with Gasteiger partial charge in [-0.1, -0.05) is 13.0 Å². The predicted molar refractivity (Wildman–Crippen MR) is 81.3 cm³/mol. The van der Waals surface area contributed by atoms with E-state index in [-0.39, 0.29) is 11.9 Å². The normalized spacial score (nSPS) is 10.2. The number of hydrogen-bond acceptors (Lipinski definition) is 4. The first-order valence-electron chi connectivity index (χ1n) is 7.46. The van der Waals surface area contributed by atoms with Crippen LogP contribution < -0.4 is 4.74 Å². The molecular weight excluding hydrogens is 268 g/mol. The molecule has 0 amide bonds. The van der Waals surface area contributed by atoms with Crippen molar-refractivity contribution in [2.24, 2.45) is 0 Å². The van der Waals surface area contributed by atoms with E-state index in [2.05, 4.69) is 0 Å². The highest BCUT2D eigenvalue weighted by molar-refractivity contribution is 5.72. The molecule has 0 bridgehead atoms. The van der Waals surface area contributed by atoms with Crippen LogP contribution in [-0.4, -0.2) is 18.5 Å². The van der Waals surface area contributed by atoms with Gasteiger partial charge in [0.15, 0.2) is 0 Å². The fourth-order valence-corrected chi connectivity index (χ4v) is 2.00. The number of carbonyl (C=O) groups excluding carboxylic acids is 2. The molecule has 0 unspecified atom stereocenters. The van der Waals surface area contributed by atoms with Crippen LogP contribution in [0.15, 0.2) is 18.2 Å². The van der Waals surface area contributed by atoms with Crippen LogP contribution in [0.2, 0.25) is 0 Å². The van der Waals surface area contributed by atoms with Crippen molar-refractivity contribution in [3.05, 3.63) is 29.3 Å². The van der Waals surface area contributed by atoms with E-state index in [1.165, 1.54) is 0 Å². The molecule has 0 aromatic heterocycles. The lowest BCUT2D eigenvalue weighted by Gasteiger charge is -2.06. The zero-order chi connectivity index (χ0) is 15.7. The van der Waals surface area contributed by atoms with E-state index in [4.69, 9.17) is 9.47 Å². The molecule has 0 radical (unpaired) electrons. The van der Waals surface area contributed by atoms with Crippen LogP contribution in [0.3, 0.4) is 0 Å². The summed E-state index contributed by atoms with van der Waals surface area (Å²) in [5, 5.41) is 0. The largest absolute Gasteiger partial charge is 0.466 e. The van der Waals surface area contributed by atoms with Crippen molar-refractivity contribution >= 4 is 11.9 Å². The van der Waals surface area contributed by atoms with Gasteiger partial charge in [-0.15, -0.1) is 0 Å². The molecular formula is C17H24O4. The topological polar surface area (TPSA) is 52.6 Å². The molecule has 116 valence electrons. The van der Waals surface area contributed by atoms with Gasteiger partial charge >= 0.3 is 11.9 Å². The molecule has 0 fully saturated rings. The summed E-state index contributed by atoms with van der Waals surface area (Å²) in [4.78, 5) is 23.0. The number of esters is 2. The van der Waals surface area contributed by atoms with E-state index in [0.717, 1.165) is 17.5 Å². The Hall–Kier alpha value is -1.84. The molecule has 0 saturated heterocycles. The van der Waals surface area contributed by atoms with Gasteiger partial charge in [-0.3, -0.25) is 9.59 Å². The van der Waals surface area contributed by atoms with Crippen LogP contribution in [-0.2, 0) is 14.3 Å². The van der Waals surface area contributed by atoms with Gasteiger partial charge in [-0.2, -0.15) is 0 Å². The quantitative estimate of drug-likeness (QED) is 0.416. The van der Waals surface area contributed by atoms with Crippen LogP contribution in [0.25, 0.3) is 0 Å². The third-order valence-electron chi connectivity index (χ3n) is 2.91. The summed E-state index contributed by atoms with van der Waals surface area (Å²) in [6, 6.07) is 5.71. The monoisotopic (exact) mass is 292 g/mol. The first kappa shape index (κ1) is 17.2. The maximum Gasteiger partial charge on any atom is 0.311 e. The van der Waals surface area contributed by atoms with E-state index in [0.29, 0.717) is 38.0 Å². The van der Waals surface area contributed by atoms with Crippen molar-refractivity contribution in [3.8, 4) is 5.75 Å². The molecule has 21 heavy (non-hydrogen) atoms. The van der Waals surface area contributed by atoms with Gasteiger partial charge in [0.1, 0.15) is 5.75 Å². The predicted octanol–water partition coefficient (Wildman–Crippen LogP) is 3.72.